The lowest BCUT2D eigenvalue weighted by atomic mass is 10.0. The van der Waals surface area contributed by atoms with E-state index in [0.717, 1.165) is 0 Å². The van der Waals surface area contributed by atoms with Crippen molar-refractivity contribution in [1.29, 1.82) is 0 Å². The zero-order chi connectivity index (χ0) is 22.5. The highest BCUT2D eigenvalue weighted by Gasteiger charge is 2.40. The molecular formula is C19H34N4O6. The first kappa shape index (κ1) is 24.8. The molecule has 1 rings (SSSR count). The maximum absolute atomic E-state index is 12.9. The van der Waals surface area contributed by atoms with E-state index in [-0.39, 0.29) is 11.8 Å². The maximum atomic E-state index is 12.9. The Morgan fingerprint density at radius 2 is 1.52 bits per heavy atom. The number of hydrogen-bond donors (Lipinski definition) is 5. The number of nitrogens with one attached hydrogen (secondary N) is 2. The first-order valence-corrected chi connectivity index (χ1v) is 9.96. The van der Waals surface area contributed by atoms with Gasteiger partial charge in [0.15, 0.2) is 0 Å². The van der Waals surface area contributed by atoms with Gasteiger partial charge in [0.25, 0.3) is 0 Å². The highest BCUT2D eigenvalue weighted by Crippen LogP contribution is 2.20. The van der Waals surface area contributed by atoms with Gasteiger partial charge in [-0.25, -0.2) is 4.79 Å². The molecule has 0 spiro atoms. The average Bonchev–Trinajstić information content (AvgIpc) is 3.11. The summed E-state index contributed by atoms with van der Waals surface area (Å²) in [5.41, 5.74) is 5.79. The molecule has 0 aromatic rings. The van der Waals surface area contributed by atoms with E-state index in [9.17, 15) is 29.4 Å². The minimum atomic E-state index is -1.30. The van der Waals surface area contributed by atoms with Crippen molar-refractivity contribution in [2.75, 3.05) is 6.54 Å². The number of carboxylic acid groups (broad SMARTS) is 1. The second kappa shape index (κ2) is 10.5. The van der Waals surface area contributed by atoms with Crippen molar-refractivity contribution in [3.05, 3.63) is 0 Å². The number of carbonyl (C=O) groups is 4. The molecule has 1 heterocycles. The van der Waals surface area contributed by atoms with Gasteiger partial charge in [0.1, 0.15) is 18.1 Å². The molecule has 1 aliphatic rings. The molecule has 5 atom stereocenters. The van der Waals surface area contributed by atoms with Gasteiger partial charge in [-0.15, -0.1) is 0 Å². The van der Waals surface area contributed by atoms with Gasteiger partial charge in [-0.05, 0) is 31.6 Å². The third-order valence-corrected chi connectivity index (χ3v) is 5.14. The van der Waals surface area contributed by atoms with E-state index < -0.39 is 54.0 Å². The van der Waals surface area contributed by atoms with Crippen molar-refractivity contribution in [3.63, 3.8) is 0 Å². The third kappa shape index (κ3) is 6.40. The predicted molar refractivity (Wildman–Crippen MR) is 106 cm³/mol. The zero-order valence-electron chi connectivity index (χ0n) is 17.7. The van der Waals surface area contributed by atoms with Crippen molar-refractivity contribution in [2.45, 2.75) is 77.7 Å². The number of nitrogens with zero attached hydrogens (tertiary/aromatic N) is 1. The Balaban J connectivity index is 2.95. The summed E-state index contributed by atoms with van der Waals surface area (Å²) >= 11 is 0. The summed E-state index contributed by atoms with van der Waals surface area (Å²) in [4.78, 5) is 50.5. The number of carbonyl (C=O) groups excluding carboxylic acids is 3. The lowest BCUT2D eigenvalue weighted by molar-refractivity contribution is -0.150. The zero-order valence-corrected chi connectivity index (χ0v) is 17.7. The Bertz CT molecular complexity index is 622. The van der Waals surface area contributed by atoms with E-state index in [4.69, 9.17) is 5.73 Å². The first-order valence-electron chi connectivity index (χ1n) is 9.96. The fourth-order valence-corrected chi connectivity index (χ4v) is 3.18. The van der Waals surface area contributed by atoms with Crippen LogP contribution >= 0.6 is 0 Å². The molecule has 29 heavy (non-hydrogen) atoms. The van der Waals surface area contributed by atoms with Crippen molar-refractivity contribution < 1.29 is 29.4 Å². The topological polar surface area (TPSA) is 162 Å². The van der Waals surface area contributed by atoms with Gasteiger partial charge in [-0.3, -0.25) is 14.4 Å². The molecule has 0 saturated carbocycles. The van der Waals surface area contributed by atoms with E-state index in [2.05, 4.69) is 10.6 Å². The summed E-state index contributed by atoms with van der Waals surface area (Å²) in [6, 6.07) is -4.06. The van der Waals surface area contributed by atoms with Crippen LogP contribution in [0.5, 0.6) is 0 Å². The van der Waals surface area contributed by atoms with Gasteiger partial charge in [-0.2, -0.15) is 0 Å². The lowest BCUT2D eigenvalue weighted by Crippen LogP contribution is -2.61. The van der Waals surface area contributed by atoms with Gasteiger partial charge >= 0.3 is 5.97 Å². The van der Waals surface area contributed by atoms with Crippen LogP contribution in [0.4, 0.5) is 0 Å². The van der Waals surface area contributed by atoms with Crippen LogP contribution in [-0.2, 0) is 19.2 Å². The van der Waals surface area contributed by atoms with E-state index >= 15 is 0 Å². The number of hydrogen-bond acceptors (Lipinski definition) is 6. The van der Waals surface area contributed by atoms with Crippen LogP contribution in [0.3, 0.4) is 0 Å². The van der Waals surface area contributed by atoms with Crippen LogP contribution < -0.4 is 16.4 Å². The number of carboxylic acids is 1. The summed E-state index contributed by atoms with van der Waals surface area (Å²) in [7, 11) is 0. The van der Waals surface area contributed by atoms with Crippen LogP contribution in [-0.4, -0.2) is 75.6 Å². The van der Waals surface area contributed by atoms with Crippen molar-refractivity contribution >= 4 is 23.7 Å². The molecule has 10 nitrogen and oxygen atoms in total. The van der Waals surface area contributed by atoms with Crippen LogP contribution in [0.1, 0.15) is 47.5 Å². The molecule has 3 amide bonds. The van der Waals surface area contributed by atoms with Crippen LogP contribution in [0.15, 0.2) is 0 Å². The fourth-order valence-electron chi connectivity index (χ4n) is 3.18. The quantitative estimate of drug-likeness (QED) is 0.325. The van der Waals surface area contributed by atoms with E-state index in [1.165, 1.54) is 11.8 Å². The maximum Gasteiger partial charge on any atom is 0.326 e. The second-order valence-corrected chi connectivity index (χ2v) is 8.25. The minimum Gasteiger partial charge on any atom is -0.480 e. The normalized spacial score (nSPS) is 20.9. The molecule has 0 aromatic carbocycles. The van der Waals surface area contributed by atoms with E-state index in [0.29, 0.717) is 19.4 Å². The number of likely N-dealkylation sites (tertiary alicyclic amines) is 1. The standard InChI is InChI=1S/C19H34N4O6/c1-9(2)13(20)16(25)22-15(11(5)24)17(26)21-14(10(3)4)18(27)23-8-6-7-12(23)19(28)29/h9-15,24H,6-8,20H2,1-5H3,(H,21,26)(H,22,25)(H,28,29). The summed E-state index contributed by atoms with van der Waals surface area (Å²) < 4.78 is 0. The van der Waals surface area contributed by atoms with Crippen LogP contribution in [0, 0.1) is 11.8 Å². The predicted octanol–water partition coefficient (Wildman–Crippen LogP) is -0.948. The fraction of sp³-hybridized carbons (Fsp3) is 0.789. The first-order chi connectivity index (χ1) is 13.4. The molecule has 1 fully saturated rings. The van der Waals surface area contributed by atoms with E-state index in [1.807, 2.05) is 0 Å². The Morgan fingerprint density at radius 1 is 0.966 bits per heavy atom. The molecule has 0 radical (unpaired) electrons. The average molecular weight is 415 g/mol. The van der Waals surface area contributed by atoms with Gasteiger partial charge in [0, 0.05) is 6.54 Å². The summed E-state index contributed by atoms with van der Waals surface area (Å²) in [6.07, 6.45) is -0.292. The Labute approximate surface area is 171 Å². The number of rotatable bonds is 9. The third-order valence-electron chi connectivity index (χ3n) is 5.14. The monoisotopic (exact) mass is 414 g/mol. The van der Waals surface area contributed by atoms with Crippen LogP contribution in [0.2, 0.25) is 0 Å². The molecular weight excluding hydrogens is 380 g/mol. The van der Waals surface area contributed by atoms with Crippen molar-refractivity contribution in [2.24, 2.45) is 17.6 Å². The highest BCUT2D eigenvalue weighted by molar-refractivity contribution is 5.94. The number of aliphatic hydroxyl groups is 1. The number of nitrogens with two attached hydrogens (primary N) is 1. The number of aliphatic hydroxyl groups excluding tert-OH is 1. The Kier molecular flexibility index (Phi) is 9.03. The molecule has 1 saturated heterocycles. The molecule has 0 aliphatic carbocycles. The Morgan fingerprint density at radius 3 is 1.97 bits per heavy atom. The summed E-state index contributed by atoms with van der Waals surface area (Å²) in [5.74, 6) is -3.39. The highest BCUT2D eigenvalue weighted by atomic mass is 16.4. The molecule has 0 aromatic heterocycles. The van der Waals surface area contributed by atoms with E-state index in [1.54, 1.807) is 27.7 Å². The molecule has 166 valence electrons. The van der Waals surface area contributed by atoms with Gasteiger partial charge in [0.2, 0.25) is 17.7 Å². The van der Waals surface area contributed by atoms with Crippen molar-refractivity contribution in [1.82, 2.24) is 15.5 Å². The molecule has 6 N–H and O–H groups in total. The molecule has 5 unspecified atom stereocenters. The van der Waals surface area contributed by atoms with Gasteiger partial charge in [-0.1, -0.05) is 27.7 Å². The SMILES string of the molecule is CC(C)C(N)C(=O)NC(C(=O)NC(C(=O)N1CCCC1C(=O)O)C(C)C)C(C)O. The van der Waals surface area contributed by atoms with Gasteiger partial charge in [0.05, 0.1) is 12.1 Å². The summed E-state index contributed by atoms with van der Waals surface area (Å²) in [6.45, 7) is 8.60. The minimum absolute atomic E-state index is 0.166. The van der Waals surface area contributed by atoms with Crippen molar-refractivity contribution in [3.8, 4) is 0 Å². The molecule has 0 bridgehead atoms. The number of aliphatic carboxylic acids is 1. The number of amides is 3. The largest absolute Gasteiger partial charge is 0.480 e. The van der Waals surface area contributed by atoms with Gasteiger partial charge < -0.3 is 31.5 Å². The second-order valence-electron chi connectivity index (χ2n) is 8.25. The smallest absolute Gasteiger partial charge is 0.326 e. The van der Waals surface area contributed by atoms with Crippen LogP contribution in [0.25, 0.3) is 0 Å². The molecule has 1 aliphatic heterocycles. The lowest BCUT2D eigenvalue weighted by Gasteiger charge is -2.31. The Hall–Kier alpha value is -2.20. The summed E-state index contributed by atoms with van der Waals surface area (Å²) in [5, 5.41) is 24.3. The molecule has 10 heteroatoms.